The molecule has 0 aliphatic rings. The van der Waals surface area contributed by atoms with Crippen LogP contribution >= 0.6 is 0 Å². The summed E-state index contributed by atoms with van der Waals surface area (Å²) in [4.78, 5) is 20.9. The number of fused-ring (bicyclic) bond motifs is 2. The highest BCUT2D eigenvalue weighted by Crippen LogP contribution is 2.26. The third kappa shape index (κ3) is 2.55. The largest absolute Gasteiger partial charge is 0.337 e. The van der Waals surface area contributed by atoms with Crippen LogP contribution in [-0.4, -0.2) is 46.1 Å². The third-order valence-electron chi connectivity index (χ3n) is 3.76. The number of H-pyrrole nitrogens is 1. The van der Waals surface area contributed by atoms with Gasteiger partial charge in [0.05, 0.1) is 33.0 Å². The number of nitrogens with one attached hydrogen (secondary N) is 2. The number of benzene rings is 1. The smallest absolute Gasteiger partial charge is 0.258 e. The van der Waals surface area contributed by atoms with Crippen molar-refractivity contribution in [2.24, 2.45) is 0 Å². The van der Waals surface area contributed by atoms with Gasteiger partial charge in [-0.1, -0.05) is 6.07 Å². The van der Waals surface area contributed by atoms with Crippen molar-refractivity contribution in [1.82, 2.24) is 29.4 Å². The number of hydrogen-bond acceptors (Lipinski definition) is 5. The Balaban J connectivity index is 1.78. The van der Waals surface area contributed by atoms with Crippen LogP contribution in [0, 0.1) is 0 Å². The summed E-state index contributed by atoms with van der Waals surface area (Å²) in [6.07, 6.45) is 3.43. The van der Waals surface area contributed by atoms with Crippen molar-refractivity contribution in [3.63, 3.8) is 0 Å². The average molecular weight is 320 g/mol. The molecule has 0 spiro atoms. The van der Waals surface area contributed by atoms with E-state index in [0.717, 1.165) is 27.9 Å². The zero-order chi connectivity index (χ0) is 16.7. The topological polar surface area (TPSA) is 79.4 Å². The van der Waals surface area contributed by atoms with Crippen LogP contribution < -0.4 is 9.80 Å². The normalized spacial score (nSPS) is 12.0. The fraction of sp³-hybridized carbons (Fsp3) is 0.176. The van der Waals surface area contributed by atoms with Crippen LogP contribution in [0.4, 0.5) is 17.5 Å². The molecule has 0 radical (unpaired) electrons. The van der Waals surface area contributed by atoms with Gasteiger partial charge in [0.15, 0.2) is 11.2 Å². The first-order valence-electron chi connectivity index (χ1n) is 7.66. The van der Waals surface area contributed by atoms with E-state index in [4.69, 9.17) is 0 Å². The number of nitrogens with zero attached hydrogens (tertiary/aromatic N) is 5. The van der Waals surface area contributed by atoms with Gasteiger partial charge in [-0.2, -0.15) is 9.97 Å². The second-order valence-corrected chi connectivity index (χ2v) is 6.52. The van der Waals surface area contributed by atoms with E-state index in [2.05, 4.69) is 51.4 Å². The standard InChI is InChI=1S/C17H18N7/c1-24(2,3)16-14-15(20-10-19-14)22-17(23-16)21-12-6-7-13-11(9-12)5-4-8-18-13/h4-10H,1-3H3,(H2,19,20,21,22,23)/q+1. The minimum absolute atomic E-state index is 0.529. The second kappa shape index (κ2) is 5.24. The molecule has 1 aromatic carbocycles. The predicted octanol–water partition coefficient (Wildman–Crippen LogP) is 2.84. The predicted molar refractivity (Wildman–Crippen MR) is 96.3 cm³/mol. The maximum atomic E-state index is 4.68. The highest BCUT2D eigenvalue weighted by molar-refractivity contribution is 5.85. The summed E-state index contributed by atoms with van der Waals surface area (Å²) in [7, 11) is 6.19. The van der Waals surface area contributed by atoms with E-state index in [-0.39, 0.29) is 0 Å². The Bertz CT molecular complexity index is 1030. The van der Waals surface area contributed by atoms with Crippen LogP contribution in [0.25, 0.3) is 22.1 Å². The number of hydrogen-bond donors (Lipinski definition) is 2. The van der Waals surface area contributed by atoms with Crippen molar-refractivity contribution >= 4 is 39.5 Å². The Morgan fingerprint density at radius 3 is 2.75 bits per heavy atom. The molecule has 2 N–H and O–H groups in total. The summed E-state index contributed by atoms with van der Waals surface area (Å²) in [5.74, 6) is 1.41. The number of aromatic nitrogens is 5. The van der Waals surface area contributed by atoms with E-state index in [1.54, 1.807) is 12.5 Å². The number of anilines is 2. The lowest BCUT2D eigenvalue weighted by molar-refractivity contribution is 0.476. The number of quaternary nitrogens is 1. The zero-order valence-electron chi connectivity index (χ0n) is 13.8. The number of rotatable bonds is 3. The van der Waals surface area contributed by atoms with Gasteiger partial charge >= 0.3 is 0 Å². The number of aromatic amines is 1. The molecule has 0 aliphatic heterocycles. The van der Waals surface area contributed by atoms with Crippen LogP contribution in [0.2, 0.25) is 0 Å². The molecule has 3 heterocycles. The molecule has 4 aromatic rings. The molecule has 0 saturated carbocycles. The summed E-state index contributed by atoms with van der Waals surface area (Å²) in [6, 6.07) is 9.94. The maximum absolute atomic E-state index is 4.68. The van der Waals surface area contributed by atoms with Crippen LogP contribution in [-0.2, 0) is 0 Å². The fourth-order valence-electron chi connectivity index (χ4n) is 2.64. The first kappa shape index (κ1) is 14.5. The van der Waals surface area contributed by atoms with Gasteiger partial charge < -0.3 is 10.3 Å². The van der Waals surface area contributed by atoms with E-state index in [9.17, 15) is 0 Å². The Morgan fingerprint density at radius 2 is 1.92 bits per heavy atom. The Labute approximate surface area is 139 Å². The van der Waals surface area contributed by atoms with Gasteiger partial charge in [-0.05, 0) is 24.3 Å². The quantitative estimate of drug-likeness (QED) is 0.567. The Morgan fingerprint density at radius 1 is 1.04 bits per heavy atom. The van der Waals surface area contributed by atoms with Crippen LogP contribution in [0.15, 0.2) is 42.9 Å². The van der Waals surface area contributed by atoms with Gasteiger partial charge in [0, 0.05) is 17.3 Å². The first-order valence-corrected chi connectivity index (χ1v) is 7.66. The molecule has 0 saturated heterocycles. The van der Waals surface area contributed by atoms with Crippen molar-refractivity contribution in [3.8, 4) is 0 Å². The first-order chi connectivity index (χ1) is 11.5. The SMILES string of the molecule is C[N+](C)(C)c1nc(Nc2ccc3ncccc3c2)nc2nc[nH]c12. The maximum Gasteiger partial charge on any atom is 0.258 e. The van der Waals surface area contributed by atoms with E-state index in [1.807, 2.05) is 30.3 Å². The molecular formula is C17H18N7+. The van der Waals surface area contributed by atoms with E-state index in [1.165, 1.54) is 0 Å². The fourth-order valence-corrected chi connectivity index (χ4v) is 2.64. The van der Waals surface area contributed by atoms with Crippen molar-refractivity contribution in [2.75, 3.05) is 26.5 Å². The minimum atomic E-state index is 0.529. The van der Waals surface area contributed by atoms with Crippen molar-refractivity contribution in [1.29, 1.82) is 0 Å². The highest BCUT2D eigenvalue weighted by Gasteiger charge is 2.22. The van der Waals surface area contributed by atoms with E-state index < -0.39 is 0 Å². The van der Waals surface area contributed by atoms with Gasteiger partial charge in [-0.25, -0.2) is 4.98 Å². The Hall–Kier alpha value is -3.06. The monoisotopic (exact) mass is 320 g/mol. The van der Waals surface area contributed by atoms with Crippen molar-refractivity contribution < 1.29 is 0 Å². The van der Waals surface area contributed by atoms with Gasteiger partial charge in [-0.15, -0.1) is 0 Å². The molecule has 7 nitrogen and oxygen atoms in total. The molecule has 120 valence electrons. The summed E-state index contributed by atoms with van der Waals surface area (Å²) in [5.41, 5.74) is 3.38. The molecule has 4 rings (SSSR count). The van der Waals surface area contributed by atoms with Gasteiger partial charge in [-0.3, -0.25) is 9.47 Å². The van der Waals surface area contributed by atoms with Gasteiger partial charge in [0.1, 0.15) is 0 Å². The van der Waals surface area contributed by atoms with E-state index in [0.29, 0.717) is 16.1 Å². The van der Waals surface area contributed by atoms with Crippen LogP contribution in [0.3, 0.4) is 0 Å². The zero-order valence-corrected chi connectivity index (χ0v) is 13.8. The van der Waals surface area contributed by atoms with Crippen molar-refractivity contribution in [3.05, 3.63) is 42.9 Å². The third-order valence-corrected chi connectivity index (χ3v) is 3.76. The lowest BCUT2D eigenvalue weighted by Crippen LogP contribution is -2.36. The van der Waals surface area contributed by atoms with E-state index >= 15 is 0 Å². The molecule has 3 aromatic heterocycles. The Kier molecular flexibility index (Phi) is 3.17. The number of pyridine rings is 1. The minimum Gasteiger partial charge on any atom is -0.337 e. The summed E-state index contributed by atoms with van der Waals surface area (Å²) in [6.45, 7) is 0. The number of imidazole rings is 1. The molecule has 24 heavy (non-hydrogen) atoms. The molecule has 0 atom stereocenters. The summed E-state index contributed by atoms with van der Waals surface area (Å²) < 4.78 is 0.567. The molecule has 0 fully saturated rings. The molecule has 0 unspecified atom stereocenters. The summed E-state index contributed by atoms with van der Waals surface area (Å²) in [5, 5.41) is 4.34. The average Bonchev–Trinajstić information content (AvgIpc) is 3.01. The second-order valence-electron chi connectivity index (χ2n) is 6.52. The van der Waals surface area contributed by atoms with Crippen LogP contribution in [0.1, 0.15) is 0 Å². The molecular weight excluding hydrogens is 302 g/mol. The lowest BCUT2D eigenvalue weighted by atomic mass is 10.2. The molecule has 7 heteroatoms. The highest BCUT2D eigenvalue weighted by atomic mass is 15.4. The molecule has 0 aliphatic carbocycles. The summed E-state index contributed by atoms with van der Waals surface area (Å²) >= 11 is 0. The van der Waals surface area contributed by atoms with Crippen molar-refractivity contribution in [2.45, 2.75) is 0 Å². The molecule has 0 bridgehead atoms. The molecule has 0 amide bonds. The van der Waals surface area contributed by atoms with Gasteiger partial charge in [0.2, 0.25) is 5.95 Å². The van der Waals surface area contributed by atoms with Crippen LogP contribution in [0.5, 0.6) is 0 Å². The van der Waals surface area contributed by atoms with Gasteiger partial charge in [0.25, 0.3) is 5.82 Å². The lowest BCUT2D eigenvalue weighted by Gasteiger charge is -2.22.